The number of aliphatic hydroxyl groups is 1. The largest absolute Gasteiger partial charge is 0.387 e. The van der Waals surface area contributed by atoms with Crippen molar-refractivity contribution in [2.24, 2.45) is 5.92 Å². The van der Waals surface area contributed by atoms with Gasteiger partial charge in [-0.05, 0) is 35.4 Å². The molecule has 1 heterocycles. The summed E-state index contributed by atoms with van der Waals surface area (Å²) in [5.74, 6) is 0.774. The topological polar surface area (TPSA) is 23.5 Å². The van der Waals surface area contributed by atoms with E-state index in [1.165, 1.54) is 12.0 Å². The lowest BCUT2D eigenvalue weighted by Gasteiger charge is -2.22. The van der Waals surface area contributed by atoms with Crippen LogP contribution in [0.5, 0.6) is 0 Å². The number of rotatable bonds is 3. The molecule has 1 saturated heterocycles. The zero-order chi connectivity index (χ0) is 14.0. The second-order valence-electron chi connectivity index (χ2n) is 7.04. The average molecular weight is 261 g/mol. The van der Waals surface area contributed by atoms with Gasteiger partial charge in [0.05, 0.1) is 6.10 Å². The summed E-state index contributed by atoms with van der Waals surface area (Å²) in [6, 6.07) is 8.44. The van der Waals surface area contributed by atoms with Crippen LogP contribution < -0.4 is 0 Å². The highest BCUT2D eigenvalue weighted by Gasteiger charge is 2.22. The van der Waals surface area contributed by atoms with Crippen molar-refractivity contribution in [3.63, 3.8) is 0 Å². The molecule has 1 N–H and O–H groups in total. The van der Waals surface area contributed by atoms with Gasteiger partial charge in [0, 0.05) is 13.1 Å². The van der Waals surface area contributed by atoms with Crippen LogP contribution in [0.1, 0.15) is 51.3 Å². The van der Waals surface area contributed by atoms with Gasteiger partial charge in [0.2, 0.25) is 0 Å². The van der Waals surface area contributed by atoms with Crippen LogP contribution in [-0.2, 0) is 5.41 Å². The van der Waals surface area contributed by atoms with Crippen LogP contribution in [-0.4, -0.2) is 29.6 Å². The predicted molar refractivity (Wildman–Crippen MR) is 80.3 cm³/mol. The van der Waals surface area contributed by atoms with Gasteiger partial charge in [-0.3, -0.25) is 0 Å². The van der Waals surface area contributed by atoms with Gasteiger partial charge in [-0.25, -0.2) is 0 Å². The first-order valence-electron chi connectivity index (χ1n) is 7.37. The molecule has 1 aromatic carbocycles. The minimum atomic E-state index is -0.362. The Morgan fingerprint density at radius 3 is 2.37 bits per heavy atom. The number of hydrogen-bond acceptors (Lipinski definition) is 2. The molecule has 0 spiro atoms. The van der Waals surface area contributed by atoms with Crippen molar-refractivity contribution in [2.45, 2.75) is 45.6 Å². The molecule has 1 fully saturated rings. The molecule has 19 heavy (non-hydrogen) atoms. The minimum Gasteiger partial charge on any atom is -0.387 e. The van der Waals surface area contributed by atoms with Crippen LogP contribution in [0, 0.1) is 5.92 Å². The third-order valence-electron chi connectivity index (χ3n) is 4.10. The fourth-order valence-electron chi connectivity index (χ4n) is 2.75. The fourth-order valence-corrected chi connectivity index (χ4v) is 2.75. The second-order valence-corrected chi connectivity index (χ2v) is 7.04. The molecule has 0 bridgehead atoms. The van der Waals surface area contributed by atoms with E-state index >= 15 is 0 Å². The van der Waals surface area contributed by atoms with Crippen molar-refractivity contribution in [3.05, 3.63) is 35.4 Å². The van der Waals surface area contributed by atoms with Crippen LogP contribution >= 0.6 is 0 Å². The van der Waals surface area contributed by atoms with Gasteiger partial charge in [-0.1, -0.05) is 52.0 Å². The van der Waals surface area contributed by atoms with E-state index in [2.05, 4.69) is 56.9 Å². The molecule has 0 saturated carbocycles. The molecule has 1 aliphatic rings. The first-order chi connectivity index (χ1) is 8.86. The van der Waals surface area contributed by atoms with Crippen molar-refractivity contribution in [3.8, 4) is 0 Å². The highest BCUT2D eigenvalue weighted by Crippen LogP contribution is 2.25. The minimum absolute atomic E-state index is 0.174. The fraction of sp³-hybridized carbons (Fsp3) is 0.647. The monoisotopic (exact) mass is 261 g/mol. The Labute approximate surface area is 117 Å². The van der Waals surface area contributed by atoms with Crippen molar-refractivity contribution in [1.82, 2.24) is 4.90 Å². The predicted octanol–water partition coefficient (Wildman–Crippen LogP) is 3.36. The smallest absolute Gasteiger partial charge is 0.0916 e. The molecule has 0 radical (unpaired) electrons. The number of nitrogens with zero attached hydrogens (tertiary/aromatic N) is 1. The summed E-state index contributed by atoms with van der Waals surface area (Å²) in [4.78, 5) is 2.37. The molecule has 106 valence electrons. The summed E-state index contributed by atoms with van der Waals surface area (Å²) in [5.41, 5.74) is 2.53. The number of aliphatic hydroxyl groups excluding tert-OH is 1. The van der Waals surface area contributed by atoms with Gasteiger partial charge < -0.3 is 10.0 Å². The van der Waals surface area contributed by atoms with E-state index in [1.54, 1.807) is 0 Å². The molecular formula is C17H27NO. The number of β-amino-alcohol motifs (C(OH)–C–C–N with tert-alkyl or cyclic N) is 1. The normalized spacial score (nSPS) is 22.7. The van der Waals surface area contributed by atoms with Crippen LogP contribution in [0.2, 0.25) is 0 Å². The van der Waals surface area contributed by atoms with Crippen molar-refractivity contribution in [1.29, 1.82) is 0 Å². The summed E-state index contributed by atoms with van der Waals surface area (Å²) in [7, 11) is 0. The van der Waals surface area contributed by atoms with Gasteiger partial charge in [0.15, 0.2) is 0 Å². The number of likely N-dealkylation sites (tertiary alicyclic amines) is 1. The van der Waals surface area contributed by atoms with Crippen LogP contribution in [0.4, 0.5) is 0 Å². The summed E-state index contributed by atoms with van der Waals surface area (Å²) >= 11 is 0. The van der Waals surface area contributed by atoms with Crippen LogP contribution in [0.25, 0.3) is 0 Å². The maximum absolute atomic E-state index is 10.3. The summed E-state index contributed by atoms with van der Waals surface area (Å²) < 4.78 is 0. The van der Waals surface area contributed by atoms with E-state index < -0.39 is 0 Å². The van der Waals surface area contributed by atoms with Gasteiger partial charge in [0.25, 0.3) is 0 Å². The number of hydrogen-bond donors (Lipinski definition) is 1. The molecule has 0 aromatic heterocycles. The first-order valence-corrected chi connectivity index (χ1v) is 7.37. The Morgan fingerprint density at radius 1 is 1.26 bits per heavy atom. The van der Waals surface area contributed by atoms with Crippen LogP contribution in [0.3, 0.4) is 0 Å². The zero-order valence-electron chi connectivity index (χ0n) is 12.7. The maximum atomic E-state index is 10.3. The SMILES string of the molecule is CC1CCN(CC(O)c2ccc(C(C)(C)C)cc2)C1. The van der Waals surface area contributed by atoms with Crippen molar-refractivity contribution < 1.29 is 5.11 Å². The zero-order valence-corrected chi connectivity index (χ0v) is 12.7. The van der Waals surface area contributed by atoms with Crippen LogP contribution in [0.15, 0.2) is 24.3 Å². The molecule has 0 aliphatic carbocycles. The van der Waals surface area contributed by atoms with Gasteiger partial charge in [-0.15, -0.1) is 0 Å². The summed E-state index contributed by atoms with van der Waals surface area (Å²) in [6.45, 7) is 11.9. The maximum Gasteiger partial charge on any atom is 0.0916 e. The Hall–Kier alpha value is -0.860. The highest BCUT2D eigenvalue weighted by atomic mass is 16.3. The molecule has 1 aromatic rings. The van der Waals surface area contributed by atoms with Gasteiger partial charge in [-0.2, -0.15) is 0 Å². The lowest BCUT2D eigenvalue weighted by atomic mass is 9.86. The quantitative estimate of drug-likeness (QED) is 0.902. The van der Waals surface area contributed by atoms with E-state index in [0.29, 0.717) is 0 Å². The summed E-state index contributed by atoms with van der Waals surface area (Å²) in [6.07, 6.45) is 0.898. The van der Waals surface area contributed by atoms with Gasteiger partial charge >= 0.3 is 0 Å². The Morgan fingerprint density at radius 2 is 1.89 bits per heavy atom. The molecule has 2 nitrogen and oxygen atoms in total. The lowest BCUT2D eigenvalue weighted by molar-refractivity contribution is 0.124. The van der Waals surface area contributed by atoms with E-state index in [1.807, 2.05) is 0 Å². The van der Waals surface area contributed by atoms with Gasteiger partial charge in [0.1, 0.15) is 0 Å². The molecule has 2 rings (SSSR count). The average Bonchev–Trinajstić information content (AvgIpc) is 2.74. The standard InChI is InChI=1S/C17H27NO/c1-13-9-10-18(11-13)12-16(19)14-5-7-15(8-6-14)17(2,3)4/h5-8,13,16,19H,9-12H2,1-4H3. The molecule has 2 unspecified atom stereocenters. The van der Waals surface area contributed by atoms with E-state index in [0.717, 1.165) is 31.1 Å². The Balaban J connectivity index is 1.98. The highest BCUT2D eigenvalue weighted by molar-refractivity contribution is 5.28. The number of benzene rings is 1. The molecule has 2 heteroatoms. The van der Waals surface area contributed by atoms with E-state index in [9.17, 15) is 5.11 Å². The molecule has 0 amide bonds. The van der Waals surface area contributed by atoms with Crippen molar-refractivity contribution in [2.75, 3.05) is 19.6 Å². The van der Waals surface area contributed by atoms with E-state index in [-0.39, 0.29) is 11.5 Å². The third kappa shape index (κ3) is 3.80. The summed E-state index contributed by atoms with van der Waals surface area (Å²) in [5, 5.41) is 10.3. The molecule has 2 atom stereocenters. The Bertz CT molecular complexity index is 404. The Kier molecular flexibility index (Phi) is 4.32. The first kappa shape index (κ1) is 14.5. The van der Waals surface area contributed by atoms with Crippen molar-refractivity contribution >= 4 is 0 Å². The van der Waals surface area contributed by atoms with E-state index in [4.69, 9.17) is 0 Å². The third-order valence-corrected chi connectivity index (χ3v) is 4.10. The molecule has 1 aliphatic heterocycles. The molecular weight excluding hydrogens is 234 g/mol. The lowest BCUT2D eigenvalue weighted by Crippen LogP contribution is -2.26. The second kappa shape index (κ2) is 5.64.